The van der Waals surface area contributed by atoms with E-state index in [4.69, 9.17) is 4.74 Å². The monoisotopic (exact) mass is 529 g/mol. The first kappa shape index (κ1) is 26.5. The molecule has 0 atom stereocenters. The minimum Gasteiger partial charge on any atom is -0.484 e. The molecule has 0 bridgehead atoms. The van der Waals surface area contributed by atoms with Crippen LogP contribution in [0.1, 0.15) is 50.9 Å². The van der Waals surface area contributed by atoms with Crippen LogP contribution in [0.2, 0.25) is 0 Å². The highest BCUT2D eigenvalue weighted by Gasteiger charge is 2.26. The Balaban J connectivity index is 1.25. The van der Waals surface area contributed by atoms with Crippen LogP contribution in [0.15, 0.2) is 47.8 Å². The summed E-state index contributed by atoms with van der Waals surface area (Å²) in [4.78, 5) is 31.5. The van der Waals surface area contributed by atoms with Gasteiger partial charge in [-0.3, -0.25) is 9.59 Å². The van der Waals surface area contributed by atoms with Crippen molar-refractivity contribution in [1.29, 1.82) is 0 Å². The highest BCUT2D eigenvalue weighted by atomic mass is 32.1. The van der Waals surface area contributed by atoms with E-state index in [1.165, 1.54) is 23.0 Å². The van der Waals surface area contributed by atoms with Crippen LogP contribution in [0.5, 0.6) is 11.5 Å². The molecule has 0 aliphatic carbocycles. The van der Waals surface area contributed by atoms with E-state index in [-0.39, 0.29) is 42.3 Å². The number of nitrogens with one attached hydrogen (secondary N) is 1. The number of halogens is 2. The summed E-state index contributed by atoms with van der Waals surface area (Å²) >= 11 is 1.41. The van der Waals surface area contributed by atoms with Crippen LogP contribution in [-0.2, 0) is 11.3 Å². The molecule has 3 aromatic rings. The first-order chi connectivity index (χ1) is 17.8. The number of aromatic nitrogens is 1. The van der Waals surface area contributed by atoms with Gasteiger partial charge in [-0.25, -0.2) is 4.98 Å². The summed E-state index contributed by atoms with van der Waals surface area (Å²) in [5.74, 6) is 0.441. The number of carbonyl (C=O) groups excluding carboxylic acids is 2. The third-order valence-corrected chi connectivity index (χ3v) is 7.43. The zero-order valence-corrected chi connectivity index (χ0v) is 21.5. The molecule has 1 aliphatic heterocycles. The number of benzene rings is 2. The quantitative estimate of drug-likeness (QED) is 0.418. The van der Waals surface area contributed by atoms with Gasteiger partial charge in [-0.15, -0.1) is 11.3 Å². The van der Waals surface area contributed by atoms with Gasteiger partial charge in [-0.2, -0.15) is 8.78 Å². The number of carbonyl (C=O) groups is 2. The number of nitrogens with zero attached hydrogens (tertiary/aromatic N) is 2. The van der Waals surface area contributed by atoms with E-state index in [0.29, 0.717) is 24.4 Å². The number of ether oxygens (including phenoxy) is 2. The number of piperidine rings is 1. The third kappa shape index (κ3) is 7.03. The number of amides is 2. The number of thiazole rings is 1. The lowest BCUT2D eigenvalue weighted by atomic mass is 9.97. The van der Waals surface area contributed by atoms with Crippen LogP contribution in [0, 0.1) is 13.8 Å². The Morgan fingerprint density at radius 2 is 1.89 bits per heavy atom. The lowest BCUT2D eigenvalue weighted by molar-refractivity contribution is -0.134. The maximum Gasteiger partial charge on any atom is 0.387 e. The molecule has 196 valence electrons. The topological polar surface area (TPSA) is 80.8 Å². The molecular formula is C27H29F2N3O4S. The Bertz CT molecular complexity index is 1240. The highest BCUT2D eigenvalue weighted by molar-refractivity contribution is 7.09. The molecule has 10 heteroatoms. The second kappa shape index (κ2) is 12.1. The Kier molecular flexibility index (Phi) is 8.70. The molecule has 37 heavy (non-hydrogen) atoms. The zero-order valence-electron chi connectivity index (χ0n) is 20.7. The summed E-state index contributed by atoms with van der Waals surface area (Å²) in [5, 5.41) is 5.26. The first-order valence-electron chi connectivity index (χ1n) is 12.0. The number of rotatable bonds is 9. The normalized spacial score (nSPS) is 14.0. The lowest BCUT2D eigenvalue weighted by Crippen LogP contribution is -2.40. The Morgan fingerprint density at radius 1 is 1.14 bits per heavy atom. The van der Waals surface area contributed by atoms with E-state index in [1.54, 1.807) is 28.5 Å². The van der Waals surface area contributed by atoms with Gasteiger partial charge in [0.15, 0.2) is 6.61 Å². The van der Waals surface area contributed by atoms with Gasteiger partial charge in [-0.1, -0.05) is 24.3 Å². The van der Waals surface area contributed by atoms with Crippen LogP contribution < -0.4 is 14.8 Å². The average molecular weight is 530 g/mol. The molecule has 4 rings (SSSR count). The molecule has 0 spiro atoms. The van der Waals surface area contributed by atoms with Crippen molar-refractivity contribution >= 4 is 23.2 Å². The fourth-order valence-corrected chi connectivity index (χ4v) is 5.09. The number of hydrogen-bond donors (Lipinski definition) is 1. The molecule has 1 aliphatic rings. The van der Waals surface area contributed by atoms with Crippen LogP contribution in [0.4, 0.5) is 8.78 Å². The van der Waals surface area contributed by atoms with E-state index in [1.807, 2.05) is 32.0 Å². The number of aryl methyl sites for hydroxylation is 2. The number of para-hydroxylation sites is 1. The van der Waals surface area contributed by atoms with Gasteiger partial charge in [-0.05, 0) is 56.0 Å². The van der Waals surface area contributed by atoms with E-state index in [0.717, 1.165) is 23.4 Å². The van der Waals surface area contributed by atoms with Crippen molar-refractivity contribution in [2.24, 2.45) is 0 Å². The molecular weight excluding hydrogens is 500 g/mol. The van der Waals surface area contributed by atoms with Crippen molar-refractivity contribution in [2.75, 3.05) is 19.7 Å². The fraction of sp³-hybridized carbons (Fsp3) is 0.370. The molecule has 7 nitrogen and oxygen atoms in total. The number of hydrogen-bond acceptors (Lipinski definition) is 6. The van der Waals surface area contributed by atoms with Crippen molar-refractivity contribution in [3.63, 3.8) is 0 Å². The minimum atomic E-state index is -2.94. The molecule has 0 unspecified atom stereocenters. The standard InChI is InChI=1S/C27H29F2N3O4S/c1-17-7-8-21(13-18(17)2)35-15-24(33)32-11-9-19(10-12-32)26-31-22(16-37-26)25(34)30-14-20-5-3-4-6-23(20)36-27(28)29/h3-8,13,16,19,27H,9-12,14-15H2,1-2H3,(H,30,34). The van der Waals surface area contributed by atoms with Crippen LogP contribution in [0.25, 0.3) is 0 Å². The third-order valence-electron chi connectivity index (χ3n) is 6.42. The maximum atomic E-state index is 12.6. The second-order valence-corrected chi connectivity index (χ2v) is 9.82. The smallest absolute Gasteiger partial charge is 0.387 e. The zero-order chi connectivity index (χ0) is 26.4. The summed E-state index contributed by atoms with van der Waals surface area (Å²) in [6.45, 7) is 2.34. The van der Waals surface area contributed by atoms with Gasteiger partial charge in [0.2, 0.25) is 0 Å². The predicted molar refractivity (Wildman–Crippen MR) is 136 cm³/mol. The summed E-state index contributed by atoms with van der Waals surface area (Å²) in [5.41, 5.74) is 3.03. The van der Waals surface area contributed by atoms with Crippen molar-refractivity contribution in [2.45, 2.75) is 45.8 Å². The molecule has 1 N–H and O–H groups in total. The van der Waals surface area contributed by atoms with E-state index < -0.39 is 6.61 Å². The van der Waals surface area contributed by atoms with Crippen LogP contribution in [0.3, 0.4) is 0 Å². The van der Waals surface area contributed by atoms with Crippen molar-refractivity contribution < 1.29 is 27.8 Å². The van der Waals surface area contributed by atoms with Crippen molar-refractivity contribution in [3.8, 4) is 11.5 Å². The molecule has 2 aromatic carbocycles. The molecule has 2 amide bonds. The summed E-state index contributed by atoms with van der Waals surface area (Å²) in [6.07, 6.45) is 1.50. The summed E-state index contributed by atoms with van der Waals surface area (Å²) in [7, 11) is 0. The maximum absolute atomic E-state index is 12.6. The highest BCUT2D eigenvalue weighted by Crippen LogP contribution is 2.30. The van der Waals surface area contributed by atoms with E-state index >= 15 is 0 Å². The average Bonchev–Trinajstić information content (AvgIpc) is 3.39. The predicted octanol–water partition coefficient (Wildman–Crippen LogP) is 5.08. The molecule has 0 radical (unpaired) electrons. The summed E-state index contributed by atoms with van der Waals surface area (Å²) in [6, 6.07) is 12.1. The van der Waals surface area contributed by atoms with Crippen molar-refractivity contribution in [3.05, 3.63) is 75.2 Å². The van der Waals surface area contributed by atoms with E-state index in [2.05, 4.69) is 15.0 Å². The van der Waals surface area contributed by atoms with Crippen LogP contribution in [-0.4, -0.2) is 48.0 Å². The van der Waals surface area contributed by atoms with Gasteiger partial charge in [0, 0.05) is 36.5 Å². The summed E-state index contributed by atoms with van der Waals surface area (Å²) < 4.78 is 35.4. The van der Waals surface area contributed by atoms with Gasteiger partial charge in [0.25, 0.3) is 11.8 Å². The van der Waals surface area contributed by atoms with Gasteiger partial charge in [0.1, 0.15) is 17.2 Å². The van der Waals surface area contributed by atoms with Crippen LogP contribution >= 0.6 is 11.3 Å². The Labute approximate surface area is 218 Å². The van der Waals surface area contributed by atoms with E-state index in [9.17, 15) is 18.4 Å². The first-order valence-corrected chi connectivity index (χ1v) is 12.9. The second-order valence-electron chi connectivity index (χ2n) is 8.93. The lowest BCUT2D eigenvalue weighted by Gasteiger charge is -2.31. The van der Waals surface area contributed by atoms with Crippen molar-refractivity contribution in [1.82, 2.24) is 15.2 Å². The van der Waals surface area contributed by atoms with Gasteiger partial charge >= 0.3 is 6.61 Å². The molecule has 2 heterocycles. The SMILES string of the molecule is Cc1ccc(OCC(=O)N2CCC(c3nc(C(=O)NCc4ccccc4OC(F)F)cs3)CC2)cc1C. The van der Waals surface area contributed by atoms with Gasteiger partial charge in [0.05, 0.1) is 5.01 Å². The largest absolute Gasteiger partial charge is 0.484 e. The van der Waals surface area contributed by atoms with Gasteiger partial charge < -0.3 is 19.7 Å². The number of likely N-dealkylation sites (tertiary alicyclic amines) is 1. The fourth-order valence-electron chi connectivity index (χ4n) is 4.12. The molecule has 1 fully saturated rings. The molecule has 1 aromatic heterocycles. The number of alkyl halides is 2. The Hall–Kier alpha value is -3.53. The Morgan fingerprint density at radius 3 is 2.62 bits per heavy atom. The minimum absolute atomic E-state index is 0.000220. The molecule has 0 saturated carbocycles. The molecule has 1 saturated heterocycles.